The Bertz CT molecular complexity index is 575. The number of piperidine rings is 1. The first-order valence-corrected chi connectivity index (χ1v) is 9.50. The molecule has 1 aliphatic heterocycles. The van der Waals surface area contributed by atoms with Crippen molar-refractivity contribution in [3.8, 4) is 0 Å². The molecule has 1 aromatic heterocycles. The highest BCUT2D eigenvalue weighted by molar-refractivity contribution is 5.95. The van der Waals surface area contributed by atoms with E-state index in [0.717, 1.165) is 56.1 Å². The Hall–Kier alpha value is -1.36. The minimum absolute atomic E-state index is 0.0937. The van der Waals surface area contributed by atoms with Crippen molar-refractivity contribution < 1.29 is 4.79 Å². The van der Waals surface area contributed by atoms with Gasteiger partial charge in [-0.2, -0.15) is 5.10 Å². The van der Waals surface area contributed by atoms with Crippen LogP contribution < -0.4 is 5.32 Å². The average Bonchev–Trinajstić information content (AvgIpc) is 3.27. The van der Waals surface area contributed by atoms with Crippen molar-refractivity contribution in [2.45, 2.75) is 71.4 Å². The molecule has 0 radical (unpaired) electrons. The van der Waals surface area contributed by atoms with Crippen molar-refractivity contribution >= 4 is 5.91 Å². The van der Waals surface area contributed by atoms with E-state index in [-0.39, 0.29) is 11.4 Å². The van der Waals surface area contributed by atoms with E-state index in [9.17, 15) is 4.79 Å². The van der Waals surface area contributed by atoms with E-state index in [2.05, 4.69) is 38.1 Å². The number of nitrogens with one attached hydrogen (secondary N) is 1. The van der Waals surface area contributed by atoms with Gasteiger partial charge in [0, 0.05) is 19.1 Å². The Labute approximate surface area is 145 Å². The Morgan fingerprint density at radius 1 is 1.25 bits per heavy atom. The molecular weight excluding hydrogens is 300 g/mol. The van der Waals surface area contributed by atoms with Gasteiger partial charge in [0.15, 0.2) is 0 Å². The van der Waals surface area contributed by atoms with Crippen molar-refractivity contribution in [3.05, 3.63) is 17.5 Å². The predicted molar refractivity (Wildman–Crippen MR) is 96.3 cm³/mol. The number of nitrogens with zero attached hydrogens (tertiary/aromatic N) is 3. The summed E-state index contributed by atoms with van der Waals surface area (Å²) in [5.74, 6) is 1.07. The van der Waals surface area contributed by atoms with Crippen LogP contribution in [0, 0.1) is 5.92 Å². The lowest BCUT2D eigenvalue weighted by Crippen LogP contribution is -2.45. The lowest BCUT2D eigenvalue weighted by molar-refractivity contribution is 0.0703. The summed E-state index contributed by atoms with van der Waals surface area (Å²) < 4.78 is 2.00. The third kappa shape index (κ3) is 3.82. The minimum Gasteiger partial charge on any atom is -0.338 e. The van der Waals surface area contributed by atoms with E-state index < -0.39 is 0 Å². The maximum absolute atomic E-state index is 13.0. The van der Waals surface area contributed by atoms with Crippen LogP contribution in [-0.2, 0) is 12.0 Å². The van der Waals surface area contributed by atoms with E-state index >= 15 is 0 Å². The summed E-state index contributed by atoms with van der Waals surface area (Å²) in [5.41, 5.74) is 1.75. The Morgan fingerprint density at radius 2 is 1.92 bits per heavy atom. The van der Waals surface area contributed by atoms with Crippen molar-refractivity contribution in [2.24, 2.45) is 5.92 Å². The van der Waals surface area contributed by atoms with Gasteiger partial charge in [-0.15, -0.1) is 0 Å². The zero-order valence-corrected chi connectivity index (χ0v) is 15.6. The van der Waals surface area contributed by atoms with Crippen LogP contribution in [0.2, 0.25) is 0 Å². The molecule has 2 fully saturated rings. The zero-order chi connectivity index (χ0) is 17.3. The molecule has 5 nitrogen and oxygen atoms in total. The van der Waals surface area contributed by atoms with Gasteiger partial charge in [0.1, 0.15) is 0 Å². The van der Waals surface area contributed by atoms with Crippen molar-refractivity contribution in [3.63, 3.8) is 0 Å². The minimum atomic E-state index is -0.0937. The van der Waals surface area contributed by atoms with Crippen LogP contribution in [-0.4, -0.2) is 46.3 Å². The number of likely N-dealkylation sites (tertiary alicyclic amines) is 1. The van der Waals surface area contributed by atoms with Gasteiger partial charge in [0.2, 0.25) is 0 Å². The maximum atomic E-state index is 13.0. The molecule has 1 aromatic rings. The van der Waals surface area contributed by atoms with Crippen LogP contribution in [0.3, 0.4) is 0 Å². The molecule has 24 heavy (non-hydrogen) atoms. The Kier molecular flexibility index (Phi) is 5.00. The Balaban J connectivity index is 1.61. The number of rotatable bonds is 5. The number of aromatic nitrogens is 2. The van der Waals surface area contributed by atoms with Gasteiger partial charge in [0.25, 0.3) is 5.91 Å². The van der Waals surface area contributed by atoms with Gasteiger partial charge in [-0.25, -0.2) is 0 Å². The second-order valence-corrected chi connectivity index (χ2v) is 8.36. The van der Waals surface area contributed by atoms with E-state index in [1.54, 1.807) is 6.20 Å². The highest BCUT2D eigenvalue weighted by atomic mass is 16.2. The fourth-order valence-corrected chi connectivity index (χ4v) is 3.58. The van der Waals surface area contributed by atoms with Gasteiger partial charge in [-0.1, -0.05) is 6.92 Å². The number of hydrogen-bond donors (Lipinski definition) is 1. The summed E-state index contributed by atoms with van der Waals surface area (Å²) in [6, 6.07) is 0.581. The summed E-state index contributed by atoms with van der Waals surface area (Å²) in [6.45, 7) is 11.4. The largest absolute Gasteiger partial charge is 0.338 e. The van der Waals surface area contributed by atoms with Crippen LogP contribution in [0.25, 0.3) is 0 Å². The maximum Gasteiger partial charge on any atom is 0.257 e. The highest BCUT2D eigenvalue weighted by Crippen LogP contribution is 2.28. The van der Waals surface area contributed by atoms with Crippen LogP contribution in [0.15, 0.2) is 6.20 Å². The van der Waals surface area contributed by atoms with Crippen LogP contribution in [0.5, 0.6) is 0 Å². The lowest BCUT2D eigenvalue weighted by atomic mass is 10.0. The van der Waals surface area contributed by atoms with E-state index in [0.29, 0.717) is 6.04 Å². The number of amides is 1. The van der Waals surface area contributed by atoms with Gasteiger partial charge in [0.05, 0.1) is 23.0 Å². The number of carbonyl (C=O) groups excluding carboxylic acids is 1. The molecule has 2 aliphatic rings. The molecule has 1 aliphatic carbocycles. The van der Waals surface area contributed by atoms with E-state index in [4.69, 9.17) is 0 Å². The second-order valence-electron chi connectivity index (χ2n) is 8.36. The zero-order valence-electron chi connectivity index (χ0n) is 15.6. The number of hydrogen-bond acceptors (Lipinski definition) is 3. The van der Waals surface area contributed by atoms with Crippen LogP contribution >= 0.6 is 0 Å². The topological polar surface area (TPSA) is 50.2 Å². The second kappa shape index (κ2) is 6.87. The molecule has 0 spiro atoms. The van der Waals surface area contributed by atoms with Gasteiger partial charge < -0.3 is 10.2 Å². The molecule has 3 rings (SSSR count). The first-order chi connectivity index (χ1) is 11.4. The van der Waals surface area contributed by atoms with E-state index in [1.165, 1.54) is 12.8 Å². The van der Waals surface area contributed by atoms with Crippen molar-refractivity contribution in [1.29, 1.82) is 0 Å². The summed E-state index contributed by atoms with van der Waals surface area (Å²) in [7, 11) is 0. The molecule has 2 heterocycles. The van der Waals surface area contributed by atoms with Gasteiger partial charge in [-0.3, -0.25) is 9.48 Å². The monoisotopic (exact) mass is 332 g/mol. The summed E-state index contributed by atoms with van der Waals surface area (Å²) in [6.07, 6.45) is 7.51. The third-order valence-electron chi connectivity index (χ3n) is 5.24. The average molecular weight is 332 g/mol. The summed E-state index contributed by atoms with van der Waals surface area (Å²) in [5, 5.41) is 8.18. The molecule has 0 bridgehead atoms. The molecule has 0 aromatic carbocycles. The quantitative estimate of drug-likeness (QED) is 0.902. The molecule has 1 N–H and O–H groups in total. The standard InChI is InChI=1S/C19H32N4O/c1-5-17-16(13-21-23(17)19(2,3)4)18(24)22-10-8-15(9-11-22)20-12-14-6-7-14/h13-15,20H,5-12H2,1-4H3. The van der Waals surface area contributed by atoms with Crippen molar-refractivity contribution in [1.82, 2.24) is 20.0 Å². The summed E-state index contributed by atoms with van der Waals surface area (Å²) in [4.78, 5) is 15.0. The Morgan fingerprint density at radius 3 is 2.46 bits per heavy atom. The first kappa shape index (κ1) is 17.5. The molecular formula is C19H32N4O. The third-order valence-corrected chi connectivity index (χ3v) is 5.24. The van der Waals surface area contributed by atoms with Gasteiger partial charge >= 0.3 is 0 Å². The predicted octanol–water partition coefficient (Wildman–Crippen LogP) is 2.80. The fourth-order valence-electron chi connectivity index (χ4n) is 3.58. The summed E-state index contributed by atoms with van der Waals surface area (Å²) >= 11 is 0. The molecule has 1 saturated heterocycles. The van der Waals surface area contributed by atoms with E-state index in [1.807, 2.05) is 9.58 Å². The molecule has 5 heteroatoms. The molecule has 0 atom stereocenters. The van der Waals surface area contributed by atoms with Crippen LogP contribution in [0.4, 0.5) is 0 Å². The first-order valence-electron chi connectivity index (χ1n) is 9.50. The molecule has 0 unspecified atom stereocenters. The number of carbonyl (C=O) groups is 1. The fraction of sp³-hybridized carbons (Fsp3) is 0.789. The van der Waals surface area contributed by atoms with Crippen LogP contribution in [0.1, 0.15) is 69.4 Å². The van der Waals surface area contributed by atoms with Crippen molar-refractivity contribution in [2.75, 3.05) is 19.6 Å². The highest BCUT2D eigenvalue weighted by Gasteiger charge is 2.29. The SMILES string of the molecule is CCc1c(C(=O)N2CCC(NCC3CC3)CC2)cnn1C(C)(C)C. The molecule has 1 amide bonds. The lowest BCUT2D eigenvalue weighted by Gasteiger charge is -2.32. The smallest absolute Gasteiger partial charge is 0.257 e. The molecule has 134 valence electrons. The normalized spacial score (nSPS) is 19.8. The molecule has 1 saturated carbocycles. The van der Waals surface area contributed by atoms with Gasteiger partial charge in [-0.05, 0) is 65.3 Å².